The van der Waals surface area contributed by atoms with Crippen LogP contribution in [0.4, 0.5) is 0 Å². The van der Waals surface area contributed by atoms with E-state index in [0.29, 0.717) is 5.41 Å². The SMILES string of the molecule is CC1(C)[C@@H]2CC[C@@]1(C)[C@@H](O[P+](c1ccccc1)(c1ccccc1)c1ccccc1)C2. The standard InChI is InChI=1S/C28H32OP/c1-27(2)22-19-20-28(27,3)26(21-22)29-30(23-13-7-4-8-14-23,24-15-9-5-10-16-24)25-17-11-6-12-18-25/h4-18,22,26H,19-21H2,1-3H3/q+1/t22-,26+,28+/m1/s1. The van der Waals surface area contributed by atoms with E-state index in [1.54, 1.807) is 0 Å². The van der Waals surface area contributed by atoms with Gasteiger partial charge in [-0.1, -0.05) is 75.4 Å². The van der Waals surface area contributed by atoms with E-state index in [0.717, 1.165) is 5.92 Å². The third-order valence-corrected chi connectivity index (χ3v) is 12.0. The van der Waals surface area contributed by atoms with Crippen LogP contribution in [0, 0.1) is 16.7 Å². The predicted octanol–water partition coefficient (Wildman–Crippen LogP) is 6.13. The number of rotatable bonds is 5. The molecule has 0 heterocycles. The first-order valence-electron chi connectivity index (χ1n) is 11.2. The fourth-order valence-corrected chi connectivity index (χ4v) is 9.76. The fourth-order valence-electron chi connectivity index (χ4n) is 6.02. The largest absolute Gasteiger partial charge is 0.242 e. The van der Waals surface area contributed by atoms with Crippen LogP contribution in [0.2, 0.25) is 0 Å². The lowest BCUT2D eigenvalue weighted by Crippen LogP contribution is -2.42. The smallest absolute Gasteiger partial charge is 0.218 e. The van der Waals surface area contributed by atoms with Gasteiger partial charge in [0.2, 0.25) is 7.49 Å². The van der Waals surface area contributed by atoms with Crippen molar-refractivity contribution in [1.82, 2.24) is 0 Å². The quantitative estimate of drug-likeness (QED) is 0.456. The summed E-state index contributed by atoms with van der Waals surface area (Å²) in [5.74, 6) is 0.761. The van der Waals surface area contributed by atoms with Crippen molar-refractivity contribution in [2.45, 2.75) is 46.1 Å². The van der Waals surface area contributed by atoms with Gasteiger partial charge in [-0.25, -0.2) is 4.52 Å². The normalized spacial score (nSPS) is 27.3. The average Bonchev–Trinajstić information content (AvgIpc) is 3.13. The van der Waals surface area contributed by atoms with E-state index in [4.69, 9.17) is 4.52 Å². The second-order valence-electron chi connectivity index (χ2n) is 9.82. The van der Waals surface area contributed by atoms with E-state index in [2.05, 4.69) is 112 Å². The van der Waals surface area contributed by atoms with Crippen molar-refractivity contribution < 1.29 is 4.52 Å². The van der Waals surface area contributed by atoms with Crippen molar-refractivity contribution >= 4 is 23.4 Å². The molecule has 0 radical (unpaired) electrons. The second kappa shape index (κ2) is 7.33. The summed E-state index contributed by atoms with van der Waals surface area (Å²) in [5, 5.41) is 3.93. The van der Waals surface area contributed by atoms with Crippen molar-refractivity contribution in [3.05, 3.63) is 91.0 Å². The average molecular weight is 416 g/mol. The minimum atomic E-state index is -2.23. The Hall–Kier alpha value is -1.95. The van der Waals surface area contributed by atoms with E-state index in [1.165, 1.54) is 35.2 Å². The minimum Gasteiger partial charge on any atom is -0.218 e. The Morgan fingerprint density at radius 2 is 1.13 bits per heavy atom. The van der Waals surface area contributed by atoms with E-state index >= 15 is 0 Å². The maximum Gasteiger partial charge on any atom is 0.242 e. The molecule has 2 aliphatic rings. The van der Waals surface area contributed by atoms with Gasteiger partial charge in [-0.05, 0) is 67.0 Å². The number of fused-ring (bicyclic) bond motifs is 2. The summed E-state index contributed by atoms with van der Waals surface area (Å²) in [7, 11) is -2.23. The molecule has 30 heavy (non-hydrogen) atoms. The van der Waals surface area contributed by atoms with Gasteiger partial charge in [0, 0.05) is 5.41 Å². The lowest BCUT2D eigenvalue weighted by molar-refractivity contribution is 0.0381. The van der Waals surface area contributed by atoms with Gasteiger partial charge in [-0.2, -0.15) is 0 Å². The van der Waals surface area contributed by atoms with Gasteiger partial charge >= 0.3 is 0 Å². The Morgan fingerprint density at radius 1 is 0.700 bits per heavy atom. The summed E-state index contributed by atoms with van der Waals surface area (Å²) in [6.07, 6.45) is 4.07. The molecule has 3 atom stereocenters. The molecule has 3 aromatic carbocycles. The minimum absolute atomic E-state index is 0.223. The zero-order chi connectivity index (χ0) is 20.8. The zero-order valence-electron chi connectivity index (χ0n) is 18.3. The van der Waals surface area contributed by atoms with Crippen LogP contribution in [-0.4, -0.2) is 6.10 Å². The molecule has 0 amide bonds. The maximum atomic E-state index is 7.54. The third kappa shape index (κ3) is 2.83. The Bertz CT molecular complexity index is 902. The van der Waals surface area contributed by atoms with Gasteiger partial charge in [0.25, 0.3) is 0 Å². The van der Waals surface area contributed by atoms with Gasteiger partial charge in [-0.15, -0.1) is 0 Å². The van der Waals surface area contributed by atoms with Crippen molar-refractivity contribution in [3.63, 3.8) is 0 Å². The van der Waals surface area contributed by atoms with Crippen molar-refractivity contribution in [2.75, 3.05) is 0 Å². The topological polar surface area (TPSA) is 9.23 Å². The molecule has 0 saturated heterocycles. The molecule has 0 spiro atoms. The molecule has 0 unspecified atom stereocenters. The van der Waals surface area contributed by atoms with Gasteiger partial charge in [0.1, 0.15) is 22.0 Å². The molecule has 2 bridgehead atoms. The summed E-state index contributed by atoms with van der Waals surface area (Å²) < 4.78 is 7.54. The summed E-state index contributed by atoms with van der Waals surface area (Å²) in [4.78, 5) is 0. The number of benzene rings is 3. The van der Waals surface area contributed by atoms with E-state index in [1.807, 2.05) is 0 Å². The highest BCUT2D eigenvalue weighted by atomic mass is 31.2. The highest BCUT2D eigenvalue weighted by molar-refractivity contribution is 7.91. The van der Waals surface area contributed by atoms with Crippen LogP contribution >= 0.6 is 7.49 Å². The van der Waals surface area contributed by atoms with Crippen LogP contribution in [0.5, 0.6) is 0 Å². The van der Waals surface area contributed by atoms with Gasteiger partial charge in [0.05, 0.1) is 0 Å². The molecule has 2 aliphatic carbocycles. The van der Waals surface area contributed by atoms with E-state index < -0.39 is 7.49 Å². The van der Waals surface area contributed by atoms with Gasteiger partial charge < -0.3 is 0 Å². The Labute approximate surface area is 181 Å². The first-order chi connectivity index (χ1) is 14.5. The first kappa shape index (κ1) is 20.0. The Balaban J connectivity index is 1.71. The van der Waals surface area contributed by atoms with Crippen LogP contribution in [0.1, 0.15) is 40.0 Å². The molecule has 2 heteroatoms. The lowest BCUT2D eigenvalue weighted by atomic mass is 9.70. The molecule has 1 nitrogen and oxygen atoms in total. The first-order valence-corrected chi connectivity index (χ1v) is 12.9. The van der Waals surface area contributed by atoms with Gasteiger partial charge in [0.15, 0.2) is 0 Å². The van der Waals surface area contributed by atoms with E-state index in [-0.39, 0.29) is 11.5 Å². The molecule has 154 valence electrons. The van der Waals surface area contributed by atoms with Crippen molar-refractivity contribution in [1.29, 1.82) is 0 Å². The summed E-state index contributed by atoms with van der Waals surface area (Å²) >= 11 is 0. The number of hydrogen-bond acceptors (Lipinski definition) is 1. The van der Waals surface area contributed by atoms with Crippen LogP contribution in [0.15, 0.2) is 91.0 Å². The zero-order valence-corrected chi connectivity index (χ0v) is 19.2. The Kier molecular flexibility index (Phi) is 4.88. The van der Waals surface area contributed by atoms with Crippen LogP contribution in [0.3, 0.4) is 0 Å². The molecule has 3 aromatic rings. The molecular formula is C28H32OP+. The summed E-state index contributed by atoms with van der Waals surface area (Å²) in [6.45, 7) is 7.43. The highest BCUT2D eigenvalue weighted by Crippen LogP contribution is 2.70. The molecular weight excluding hydrogens is 383 g/mol. The molecule has 0 aliphatic heterocycles. The second-order valence-corrected chi connectivity index (χ2v) is 12.8. The Morgan fingerprint density at radius 3 is 1.47 bits per heavy atom. The van der Waals surface area contributed by atoms with Crippen LogP contribution < -0.4 is 15.9 Å². The monoisotopic (exact) mass is 415 g/mol. The molecule has 5 rings (SSSR count). The molecule has 0 aromatic heterocycles. The molecule has 2 fully saturated rings. The van der Waals surface area contributed by atoms with Crippen LogP contribution in [-0.2, 0) is 4.52 Å². The van der Waals surface area contributed by atoms with Crippen molar-refractivity contribution in [3.8, 4) is 0 Å². The third-order valence-electron chi connectivity index (χ3n) is 8.36. The predicted molar refractivity (Wildman–Crippen MR) is 129 cm³/mol. The van der Waals surface area contributed by atoms with E-state index in [9.17, 15) is 0 Å². The number of hydrogen-bond donors (Lipinski definition) is 0. The molecule has 2 saturated carbocycles. The molecule has 0 N–H and O–H groups in total. The van der Waals surface area contributed by atoms with Crippen LogP contribution in [0.25, 0.3) is 0 Å². The highest BCUT2D eigenvalue weighted by Gasteiger charge is 2.65. The fraction of sp³-hybridized carbons (Fsp3) is 0.357. The maximum absolute atomic E-state index is 7.54. The summed E-state index contributed by atoms with van der Waals surface area (Å²) in [6, 6.07) is 32.9. The summed E-state index contributed by atoms with van der Waals surface area (Å²) in [5.41, 5.74) is 0.554. The van der Waals surface area contributed by atoms with Crippen molar-refractivity contribution in [2.24, 2.45) is 16.7 Å². The van der Waals surface area contributed by atoms with Gasteiger partial charge in [-0.3, -0.25) is 0 Å². The lowest BCUT2D eigenvalue weighted by Gasteiger charge is -2.40.